The largest absolute Gasteiger partial charge is 0.317 e. The lowest BCUT2D eigenvalue weighted by atomic mass is 9.78. The number of likely N-dealkylation sites (tertiary alicyclic amines) is 1. The standard InChI is InChI=1S/C17H34N2/c1-13-6-7-16(18-5)14(10-13)11-19-9-8-15(12-19)17(2,3)4/h13-16,18H,6-12H2,1-5H3. The third kappa shape index (κ3) is 3.95. The van der Waals surface area contributed by atoms with Crippen molar-refractivity contribution in [3.63, 3.8) is 0 Å². The zero-order valence-corrected chi connectivity index (χ0v) is 13.7. The topological polar surface area (TPSA) is 15.3 Å². The van der Waals surface area contributed by atoms with Gasteiger partial charge in [0, 0.05) is 19.1 Å². The van der Waals surface area contributed by atoms with Gasteiger partial charge in [-0.1, -0.05) is 27.7 Å². The minimum Gasteiger partial charge on any atom is -0.317 e. The summed E-state index contributed by atoms with van der Waals surface area (Å²) in [5.74, 6) is 2.68. The molecule has 2 aliphatic rings. The Morgan fingerprint density at radius 1 is 1.16 bits per heavy atom. The van der Waals surface area contributed by atoms with E-state index in [4.69, 9.17) is 0 Å². The van der Waals surface area contributed by atoms with Gasteiger partial charge in [-0.25, -0.2) is 0 Å². The van der Waals surface area contributed by atoms with Gasteiger partial charge in [-0.05, 0) is 62.4 Å². The van der Waals surface area contributed by atoms with Crippen LogP contribution in [0, 0.1) is 23.2 Å². The van der Waals surface area contributed by atoms with Gasteiger partial charge in [-0.3, -0.25) is 0 Å². The lowest BCUT2D eigenvalue weighted by Crippen LogP contribution is -2.44. The lowest BCUT2D eigenvalue weighted by molar-refractivity contribution is 0.153. The molecule has 1 saturated carbocycles. The zero-order valence-electron chi connectivity index (χ0n) is 13.7. The van der Waals surface area contributed by atoms with Gasteiger partial charge in [-0.15, -0.1) is 0 Å². The van der Waals surface area contributed by atoms with Crippen LogP contribution < -0.4 is 5.32 Å². The molecule has 2 nitrogen and oxygen atoms in total. The number of hydrogen-bond donors (Lipinski definition) is 1. The van der Waals surface area contributed by atoms with Crippen LogP contribution in [-0.2, 0) is 0 Å². The average molecular weight is 266 g/mol. The van der Waals surface area contributed by atoms with E-state index < -0.39 is 0 Å². The summed E-state index contributed by atoms with van der Waals surface area (Å²) < 4.78 is 0. The first-order valence-corrected chi connectivity index (χ1v) is 8.29. The van der Waals surface area contributed by atoms with Crippen molar-refractivity contribution in [2.24, 2.45) is 23.2 Å². The summed E-state index contributed by atoms with van der Waals surface area (Å²) in [4.78, 5) is 2.74. The van der Waals surface area contributed by atoms with E-state index >= 15 is 0 Å². The monoisotopic (exact) mass is 266 g/mol. The molecule has 2 rings (SSSR count). The summed E-state index contributed by atoms with van der Waals surface area (Å²) >= 11 is 0. The summed E-state index contributed by atoms with van der Waals surface area (Å²) in [6.45, 7) is 13.6. The Morgan fingerprint density at radius 3 is 2.47 bits per heavy atom. The smallest absolute Gasteiger partial charge is 0.0105 e. The van der Waals surface area contributed by atoms with Gasteiger partial charge in [0.15, 0.2) is 0 Å². The van der Waals surface area contributed by atoms with Crippen molar-refractivity contribution in [1.29, 1.82) is 0 Å². The Morgan fingerprint density at radius 2 is 1.89 bits per heavy atom. The quantitative estimate of drug-likeness (QED) is 0.842. The van der Waals surface area contributed by atoms with Gasteiger partial charge >= 0.3 is 0 Å². The third-order valence-electron chi connectivity index (χ3n) is 5.61. The first-order valence-electron chi connectivity index (χ1n) is 8.29. The Bertz CT molecular complexity index is 281. The van der Waals surface area contributed by atoms with Crippen molar-refractivity contribution >= 4 is 0 Å². The molecule has 0 radical (unpaired) electrons. The van der Waals surface area contributed by atoms with E-state index in [1.54, 1.807) is 0 Å². The second kappa shape index (κ2) is 6.13. The molecule has 112 valence electrons. The van der Waals surface area contributed by atoms with Crippen LogP contribution in [0.15, 0.2) is 0 Å². The van der Waals surface area contributed by atoms with Gasteiger partial charge in [0.1, 0.15) is 0 Å². The van der Waals surface area contributed by atoms with Crippen LogP contribution in [0.3, 0.4) is 0 Å². The zero-order chi connectivity index (χ0) is 14.0. The molecule has 2 fully saturated rings. The highest BCUT2D eigenvalue weighted by Gasteiger charge is 2.35. The minimum atomic E-state index is 0.483. The van der Waals surface area contributed by atoms with E-state index in [-0.39, 0.29) is 0 Å². The number of rotatable bonds is 3. The minimum absolute atomic E-state index is 0.483. The van der Waals surface area contributed by atoms with Crippen molar-refractivity contribution in [2.75, 3.05) is 26.7 Å². The van der Waals surface area contributed by atoms with E-state index in [2.05, 4.69) is 45.0 Å². The Labute approximate surface area is 120 Å². The van der Waals surface area contributed by atoms with Crippen LogP contribution in [0.2, 0.25) is 0 Å². The fourth-order valence-electron chi connectivity index (χ4n) is 4.12. The molecular weight excluding hydrogens is 232 g/mol. The van der Waals surface area contributed by atoms with Gasteiger partial charge in [0.25, 0.3) is 0 Å². The molecule has 1 heterocycles. The van der Waals surface area contributed by atoms with Crippen molar-refractivity contribution in [1.82, 2.24) is 10.2 Å². The highest BCUT2D eigenvalue weighted by molar-refractivity contribution is 4.89. The van der Waals surface area contributed by atoms with E-state index in [0.717, 1.165) is 23.8 Å². The molecule has 19 heavy (non-hydrogen) atoms. The van der Waals surface area contributed by atoms with Crippen molar-refractivity contribution in [3.05, 3.63) is 0 Å². The first-order chi connectivity index (χ1) is 8.90. The lowest BCUT2D eigenvalue weighted by Gasteiger charge is -2.37. The molecule has 4 unspecified atom stereocenters. The predicted molar refractivity (Wildman–Crippen MR) is 83.4 cm³/mol. The fourth-order valence-corrected chi connectivity index (χ4v) is 4.12. The van der Waals surface area contributed by atoms with E-state index in [9.17, 15) is 0 Å². The maximum Gasteiger partial charge on any atom is 0.0105 e. The molecule has 0 amide bonds. The molecule has 0 spiro atoms. The van der Waals surface area contributed by atoms with Crippen molar-refractivity contribution in [2.45, 2.75) is 59.4 Å². The Hall–Kier alpha value is -0.0800. The second-order valence-electron chi connectivity index (χ2n) is 8.18. The van der Waals surface area contributed by atoms with Gasteiger partial charge < -0.3 is 10.2 Å². The molecule has 1 saturated heterocycles. The first kappa shape index (κ1) is 15.3. The Kier molecular flexibility index (Phi) is 4.94. The second-order valence-corrected chi connectivity index (χ2v) is 8.18. The maximum atomic E-state index is 3.56. The molecule has 1 aliphatic heterocycles. The van der Waals surface area contributed by atoms with Gasteiger partial charge in [0.05, 0.1) is 0 Å². The molecule has 1 N–H and O–H groups in total. The summed E-state index contributed by atoms with van der Waals surface area (Å²) in [6.07, 6.45) is 5.60. The van der Waals surface area contributed by atoms with Crippen LogP contribution in [0.4, 0.5) is 0 Å². The van der Waals surface area contributed by atoms with Crippen LogP contribution >= 0.6 is 0 Å². The summed E-state index contributed by atoms with van der Waals surface area (Å²) in [6, 6.07) is 0.755. The molecular formula is C17H34N2. The predicted octanol–water partition coefficient (Wildman–Crippen LogP) is 3.38. The number of hydrogen-bond acceptors (Lipinski definition) is 2. The average Bonchev–Trinajstić information content (AvgIpc) is 2.77. The molecule has 2 heteroatoms. The number of nitrogens with one attached hydrogen (secondary N) is 1. The van der Waals surface area contributed by atoms with Gasteiger partial charge in [-0.2, -0.15) is 0 Å². The molecule has 1 aliphatic carbocycles. The van der Waals surface area contributed by atoms with Crippen molar-refractivity contribution < 1.29 is 0 Å². The van der Waals surface area contributed by atoms with Gasteiger partial charge in [0.2, 0.25) is 0 Å². The van der Waals surface area contributed by atoms with Crippen LogP contribution in [-0.4, -0.2) is 37.6 Å². The highest BCUT2D eigenvalue weighted by Crippen LogP contribution is 2.35. The van der Waals surface area contributed by atoms with E-state index in [1.807, 2.05) is 0 Å². The normalized spacial score (nSPS) is 37.7. The molecule has 4 atom stereocenters. The summed E-state index contributed by atoms with van der Waals surface area (Å²) in [5.41, 5.74) is 0.483. The van der Waals surface area contributed by atoms with Crippen LogP contribution in [0.5, 0.6) is 0 Å². The molecule has 0 aromatic heterocycles. The van der Waals surface area contributed by atoms with Crippen LogP contribution in [0.25, 0.3) is 0 Å². The fraction of sp³-hybridized carbons (Fsp3) is 1.00. The van der Waals surface area contributed by atoms with E-state index in [0.29, 0.717) is 5.41 Å². The summed E-state index contributed by atoms with van der Waals surface area (Å²) in [7, 11) is 2.15. The highest BCUT2D eigenvalue weighted by atomic mass is 15.2. The maximum absolute atomic E-state index is 3.56. The molecule has 0 aromatic carbocycles. The Balaban J connectivity index is 1.87. The van der Waals surface area contributed by atoms with Crippen LogP contribution in [0.1, 0.15) is 53.4 Å². The van der Waals surface area contributed by atoms with Crippen molar-refractivity contribution in [3.8, 4) is 0 Å². The molecule has 0 aromatic rings. The summed E-state index contributed by atoms with van der Waals surface area (Å²) in [5, 5.41) is 3.56. The number of nitrogens with zero attached hydrogens (tertiary/aromatic N) is 1. The third-order valence-corrected chi connectivity index (χ3v) is 5.61. The van der Waals surface area contributed by atoms with E-state index in [1.165, 1.54) is 45.3 Å². The SMILES string of the molecule is CNC1CCC(C)CC1CN1CCC(C(C)(C)C)C1. The molecule has 0 bridgehead atoms.